The first-order valence-corrected chi connectivity index (χ1v) is 9.80. The summed E-state index contributed by atoms with van der Waals surface area (Å²) in [6, 6.07) is 13.7. The molecule has 2 aliphatic heterocycles. The van der Waals surface area contributed by atoms with E-state index in [-0.39, 0.29) is 35.9 Å². The number of likely N-dealkylation sites (tertiary alicyclic amines) is 1. The van der Waals surface area contributed by atoms with Crippen molar-refractivity contribution in [3.8, 4) is 0 Å². The molecule has 0 bridgehead atoms. The molecular weight excluding hydrogens is 384 g/mol. The molecule has 0 saturated carbocycles. The van der Waals surface area contributed by atoms with Crippen LogP contribution in [0.4, 0.5) is 5.69 Å². The third-order valence-electron chi connectivity index (χ3n) is 5.84. The summed E-state index contributed by atoms with van der Waals surface area (Å²) in [5, 5.41) is 9.70. The van der Waals surface area contributed by atoms with Gasteiger partial charge in [0, 0.05) is 31.4 Å². The molecule has 0 spiro atoms. The Morgan fingerprint density at radius 1 is 1.03 bits per heavy atom. The van der Waals surface area contributed by atoms with Crippen LogP contribution in [-0.4, -0.2) is 57.2 Å². The van der Waals surface area contributed by atoms with Crippen molar-refractivity contribution in [2.24, 2.45) is 11.7 Å². The molecule has 1 aromatic heterocycles. The monoisotopic (exact) mass is 404 g/mol. The second-order valence-electron chi connectivity index (χ2n) is 7.75. The van der Waals surface area contributed by atoms with Crippen molar-refractivity contribution >= 4 is 34.2 Å². The highest BCUT2D eigenvalue weighted by molar-refractivity contribution is 6.07. The minimum absolute atomic E-state index is 0.0300. The highest BCUT2D eigenvalue weighted by Gasteiger charge is 2.41. The van der Waals surface area contributed by atoms with Crippen molar-refractivity contribution in [3.05, 3.63) is 54.4 Å². The fourth-order valence-electron chi connectivity index (χ4n) is 4.18. The number of fused-ring (bicyclic) bond motifs is 1. The Labute approximate surface area is 172 Å². The van der Waals surface area contributed by atoms with Gasteiger partial charge in [-0.15, -0.1) is 5.10 Å². The molecule has 0 radical (unpaired) electrons. The van der Waals surface area contributed by atoms with Gasteiger partial charge in [0.15, 0.2) is 5.69 Å². The number of nitrogens with two attached hydrogens (primary N) is 1. The molecule has 3 aromatic rings. The van der Waals surface area contributed by atoms with Crippen molar-refractivity contribution in [3.63, 3.8) is 0 Å². The highest BCUT2D eigenvalue weighted by atomic mass is 16.2. The van der Waals surface area contributed by atoms with Crippen molar-refractivity contribution in [1.29, 1.82) is 0 Å². The summed E-state index contributed by atoms with van der Waals surface area (Å²) in [5.74, 6) is -1.07. The number of benzene rings is 2. The molecule has 5 rings (SSSR count). The van der Waals surface area contributed by atoms with Crippen LogP contribution in [0.25, 0.3) is 10.8 Å². The van der Waals surface area contributed by atoms with Gasteiger partial charge < -0.3 is 15.5 Å². The third kappa shape index (κ3) is 2.99. The summed E-state index contributed by atoms with van der Waals surface area (Å²) in [6.45, 7) is 1.32. The minimum atomic E-state index is -0.633. The van der Waals surface area contributed by atoms with E-state index < -0.39 is 5.91 Å². The van der Waals surface area contributed by atoms with E-state index in [1.54, 1.807) is 14.5 Å². The summed E-state index contributed by atoms with van der Waals surface area (Å²) < 4.78 is 1.56. The quantitative estimate of drug-likeness (QED) is 0.696. The first-order valence-electron chi connectivity index (χ1n) is 9.80. The molecule has 1 atom stereocenters. The molecule has 1 unspecified atom stereocenters. The molecule has 2 fully saturated rings. The normalized spacial score (nSPS) is 19.3. The Hall–Kier alpha value is -3.75. The Bertz CT molecular complexity index is 1160. The number of anilines is 1. The summed E-state index contributed by atoms with van der Waals surface area (Å²) in [6.07, 6.45) is 1.70. The van der Waals surface area contributed by atoms with Crippen LogP contribution in [0.1, 0.15) is 23.0 Å². The standard InChI is InChI=1S/C21H20N6O3/c22-20(29)17-12-27(24-23-17)15-10-25(11-15)21(30)14-8-19(28)26(9-14)18-7-3-5-13-4-1-2-6-16(13)18/h1-7,12,14-15H,8-11H2,(H2,22,29). The van der Waals surface area contributed by atoms with Crippen LogP contribution in [0.3, 0.4) is 0 Å². The Balaban J connectivity index is 1.27. The van der Waals surface area contributed by atoms with Crippen LogP contribution in [0.15, 0.2) is 48.7 Å². The van der Waals surface area contributed by atoms with Crippen LogP contribution < -0.4 is 10.6 Å². The average molecular weight is 404 g/mol. The zero-order valence-electron chi connectivity index (χ0n) is 16.1. The van der Waals surface area contributed by atoms with E-state index in [2.05, 4.69) is 10.3 Å². The zero-order chi connectivity index (χ0) is 20.8. The lowest BCUT2D eigenvalue weighted by Gasteiger charge is -2.40. The Morgan fingerprint density at radius 2 is 1.80 bits per heavy atom. The Morgan fingerprint density at radius 3 is 2.57 bits per heavy atom. The van der Waals surface area contributed by atoms with E-state index in [0.717, 1.165) is 16.5 Å². The first kappa shape index (κ1) is 18.3. The smallest absolute Gasteiger partial charge is 0.270 e. The van der Waals surface area contributed by atoms with Crippen LogP contribution in [-0.2, 0) is 9.59 Å². The van der Waals surface area contributed by atoms with Gasteiger partial charge in [0.25, 0.3) is 5.91 Å². The molecular formula is C21H20N6O3. The van der Waals surface area contributed by atoms with Gasteiger partial charge in [-0.25, -0.2) is 4.68 Å². The summed E-state index contributed by atoms with van der Waals surface area (Å²) >= 11 is 0. The SMILES string of the molecule is NC(=O)c1cn(C2CN(C(=O)C3CC(=O)N(c4cccc5ccccc45)C3)C2)nn1. The predicted octanol–water partition coefficient (Wildman–Crippen LogP) is 0.967. The highest BCUT2D eigenvalue weighted by Crippen LogP contribution is 2.33. The van der Waals surface area contributed by atoms with E-state index in [0.29, 0.717) is 19.6 Å². The van der Waals surface area contributed by atoms with E-state index >= 15 is 0 Å². The van der Waals surface area contributed by atoms with Crippen LogP contribution in [0.5, 0.6) is 0 Å². The second kappa shape index (κ2) is 6.94. The zero-order valence-corrected chi connectivity index (χ0v) is 16.1. The number of hydrogen-bond acceptors (Lipinski definition) is 5. The van der Waals surface area contributed by atoms with E-state index in [1.165, 1.54) is 6.20 Å². The fourth-order valence-corrected chi connectivity index (χ4v) is 4.18. The number of carbonyl (C=O) groups is 3. The fraction of sp³-hybridized carbons (Fsp3) is 0.286. The molecule has 2 saturated heterocycles. The molecule has 30 heavy (non-hydrogen) atoms. The summed E-state index contributed by atoms with van der Waals surface area (Å²) in [5.41, 5.74) is 6.15. The van der Waals surface area contributed by atoms with Gasteiger partial charge in [-0.3, -0.25) is 14.4 Å². The Kier molecular flexibility index (Phi) is 4.23. The number of rotatable bonds is 4. The van der Waals surface area contributed by atoms with Crippen molar-refractivity contribution in [2.45, 2.75) is 12.5 Å². The van der Waals surface area contributed by atoms with E-state index in [9.17, 15) is 14.4 Å². The predicted molar refractivity (Wildman–Crippen MR) is 109 cm³/mol. The molecule has 3 heterocycles. The van der Waals surface area contributed by atoms with Gasteiger partial charge in [-0.2, -0.15) is 0 Å². The number of aromatic nitrogens is 3. The van der Waals surface area contributed by atoms with Gasteiger partial charge in [0.05, 0.1) is 23.8 Å². The number of primary amides is 1. The van der Waals surface area contributed by atoms with Crippen LogP contribution in [0, 0.1) is 5.92 Å². The summed E-state index contributed by atoms with van der Waals surface area (Å²) in [7, 11) is 0. The topological polar surface area (TPSA) is 114 Å². The van der Waals surface area contributed by atoms with Gasteiger partial charge in [0.1, 0.15) is 0 Å². The average Bonchev–Trinajstić information content (AvgIpc) is 3.34. The van der Waals surface area contributed by atoms with Gasteiger partial charge in [0.2, 0.25) is 11.8 Å². The lowest BCUT2D eigenvalue weighted by molar-refractivity contribution is -0.141. The van der Waals surface area contributed by atoms with Crippen molar-refractivity contribution in [2.75, 3.05) is 24.5 Å². The number of nitrogens with zero attached hydrogens (tertiary/aromatic N) is 5. The van der Waals surface area contributed by atoms with Crippen molar-refractivity contribution in [1.82, 2.24) is 19.9 Å². The maximum Gasteiger partial charge on any atom is 0.270 e. The lowest BCUT2D eigenvalue weighted by Crippen LogP contribution is -2.53. The molecule has 9 nitrogen and oxygen atoms in total. The third-order valence-corrected chi connectivity index (χ3v) is 5.84. The molecule has 2 aromatic carbocycles. The number of hydrogen-bond donors (Lipinski definition) is 1. The second-order valence-corrected chi connectivity index (χ2v) is 7.75. The minimum Gasteiger partial charge on any atom is -0.364 e. The number of carbonyl (C=O) groups excluding carboxylic acids is 3. The first-order chi connectivity index (χ1) is 14.5. The van der Waals surface area contributed by atoms with E-state index in [4.69, 9.17) is 5.73 Å². The summed E-state index contributed by atoms with van der Waals surface area (Å²) in [4.78, 5) is 40.2. The largest absolute Gasteiger partial charge is 0.364 e. The number of amides is 3. The van der Waals surface area contributed by atoms with Gasteiger partial charge in [-0.05, 0) is 11.5 Å². The molecule has 152 valence electrons. The molecule has 3 amide bonds. The molecule has 9 heteroatoms. The van der Waals surface area contributed by atoms with E-state index in [1.807, 2.05) is 42.5 Å². The van der Waals surface area contributed by atoms with Gasteiger partial charge >= 0.3 is 0 Å². The lowest BCUT2D eigenvalue weighted by atomic mass is 10.0. The molecule has 0 aliphatic carbocycles. The molecule has 2 aliphatic rings. The van der Waals surface area contributed by atoms with Gasteiger partial charge in [-0.1, -0.05) is 41.6 Å². The van der Waals surface area contributed by atoms with Crippen LogP contribution >= 0.6 is 0 Å². The maximum absolute atomic E-state index is 12.9. The molecule has 2 N–H and O–H groups in total. The maximum atomic E-state index is 12.9. The van der Waals surface area contributed by atoms with Crippen LogP contribution in [0.2, 0.25) is 0 Å². The van der Waals surface area contributed by atoms with Crippen molar-refractivity contribution < 1.29 is 14.4 Å².